The molecule has 0 atom stereocenters. The first-order valence-corrected chi connectivity index (χ1v) is 19.9. The predicted octanol–water partition coefficient (Wildman–Crippen LogP) is 10.5. The normalized spacial score (nSPS) is 11.3. The molecule has 6 rings (SSSR count). The summed E-state index contributed by atoms with van der Waals surface area (Å²) in [5.74, 6) is -5.76. The number of aryl methyl sites for hydroxylation is 4. The number of phosphoric acid groups is 2. The SMILES string of the molecule is Cc1ccc(C(=O)OP(=O)(OC(=O)c2ccc(C)cc2)Oc2ccc3ccccc3c2OP(=O)(OC(=O)c2ccc(C)cc2)OC(=O)c2ccc(C)cc2)cc1. The van der Waals surface area contributed by atoms with Gasteiger partial charge in [0.1, 0.15) is 0 Å². The molecule has 284 valence electrons. The third-order valence-electron chi connectivity index (χ3n) is 8.18. The van der Waals surface area contributed by atoms with Gasteiger partial charge in [-0.1, -0.05) is 101 Å². The number of fused-ring (bicyclic) bond motifs is 1. The van der Waals surface area contributed by atoms with Crippen LogP contribution in [0, 0.1) is 27.7 Å². The first-order valence-electron chi connectivity index (χ1n) is 17.0. The monoisotopic (exact) mass is 792 g/mol. The Morgan fingerprint density at radius 3 is 1.07 bits per heavy atom. The van der Waals surface area contributed by atoms with Crippen LogP contribution >= 0.6 is 15.6 Å². The summed E-state index contributed by atoms with van der Waals surface area (Å²) < 4.78 is 62.1. The van der Waals surface area contributed by atoms with Crippen molar-refractivity contribution in [3.63, 3.8) is 0 Å². The number of hydrogen-bond donors (Lipinski definition) is 0. The molecule has 0 N–H and O–H groups in total. The zero-order valence-corrected chi connectivity index (χ0v) is 32.3. The maximum Gasteiger partial charge on any atom is 0.652 e. The molecule has 0 heterocycles. The minimum absolute atomic E-state index is 0.0451. The summed E-state index contributed by atoms with van der Waals surface area (Å²) in [6.45, 7) is 7.18. The van der Waals surface area contributed by atoms with E-state index >= 15 is 0 Å². The lowest BCUT2D eigenvalue weighted by Gasteiger charge is -2.22. The molecule has 6 aromatic rings. The molecule has 0 saturated carbocycles. The largest absolute Gasteiger partial charge is 0.652 e. The quantitative estimate of drug-likeness (QED) is 0.108. The molecule has 0 aromatic heterocycles. The van der Waals surface area contributed by atoms with Crippen LogP contribution in [0.4, 0.5) is 0 Å². The molecule has 0 aliphatic carbocycles. The van der Waals surface area contributed by atoms with Crippen molar-refractivity contribution in [3.8, 4) is 11.5 Å². The van der Waals surface area contributed by atoms with Crippen LogP contribution in [0.2, 0.25) is 0 Å². The highest BCUT2D eigenvalue weighted by molar-refractivity contribution is 7.50. The Balaban J connectivity index is 1.43. The van der Waals surface area contributed by atoms with Gasteiger partial charge in [-0.2, -0.15) is 9.13 Å². The van der Waals surface area contributed by atoms with Gasteiger partial charge in [0.2, 0.25) is 0 Å². The van der Waals surface area contributed by atoms with Gasteiger partial charge in [-0.15, -0.1) is 0 Å². The summed E-state index contributed by atoms with van der Waals surface area (Å²) in [6, 6.07) is 33.3. The third kappa shape index (κ3) is 9.60. The Morgan fingerprint density at radius 2 is 0.714 bits per heavy atom. The van der Waals surface area contributed by atoms with E-state index < -0.39 is 51.0 Å². The topological polar surface area (TPSA) is 158 Å². The van der Waals surface area contributed by atoms with E-state index in [1.165, 1.54) is 66.7 Å². The zero-order chi connectivity index (χ0) is 40.0. The van der Waals surface area contributed by atoms with Gasteiger partial charge in [0.15, 0.2) is 11.5 Å². The smallest absolute Gasteiger partial charge is 0.382 e. The van der Waals surface area contributed by atoms with Crippen LogP contribution < -0.4 is 9.05 Å². The van der Waals surface area contributed by atoms with Crippen LogP contribution in [-0.2, 0) is 27.2 Å². The molecule has 0 unspecified atom stereocenters. The van der Waals surface area contributed by atoms with Crippen LogP contribution in [0.15, 0.2) is 133 Å². The van der Waals surface area contributed by atoms with Gasteiger partial charge in [-0.25, -0.2) is 19.2 Å². The lowest BCUT2D eigenvalue weighted by atomic mass is 10.1. The first-order chi connectivity index (χ1) is 26.7. The van der Waals surface area contributed by atoms with Crippen molar-refractivity contribution < 1.29 is 55.5 Å². The minimum Gasteiger partial charge on any atom is -0.382 e. The second-order valence-corrected chi connectivity index (χ2v) is 15.6. The molecule has 0 radical (unpaired) electrons. The molecular formula is C42H34O12P2. The molecule has 14 heteroatoms. The van der Waals surface area contributed by atoms with Crippen LogP contribution in [0.1, 0.15) is 63.7 Å². The van der Waals surface area contributed by atoms with E-state index in [1.54, 1.807) is 94.4 Å². The molecule has 0 saturated heterocycles. The molecular weight excluding hydrogens is 758 g/mol. The van der Waals surface area contributed by atoms with E-state index in [4.69, 9.17) is 27.1 Å². The fourth-order valence-corrected chi connectivity index (χ4v) is 7.36. The maximum atomic E-state index is 14.6. The summed E-state index contributed by atoms with van der Waals surface area (Å²) in [6.07, 6.45) is 0. The lowest BCUT2D eigenvalue weighted by molar-refractivity contribution is 0.0539. The number of hydrogen-bond acceptors (Lipinski definition) is 12. The number of benzene rings is 6. The van der Waals surface area contributed by atoms with E-state index in [9.17, 15) is 28.3 Å². The standard InChI is InChI=1S/C42H34O12P2/c1-27-9-17-32(18-10-27)39(43)51-55(47,52-40(44)33-19-11-28(2)12-20-33)49-37-26-25-31-7-5-6-8-36(31)38(37)50-56(48,53-41(45)34-21-13-29(3)14-22-34)54-42(46)35-23-15-30(4)16-24-35/h5-26H,1-4H3. The van der Waals surface area contributed by atoms with Gasteiger partial charge in [-0.3, -0.25) is 0 Å². The highest BCUT2D eigenvalue weighted by Crippen LogP contribution is 2.58. The molecule has 0 spiro atoms. The summed E-state index contributed by atoms with van der Waals surface area (Å²) in [5.41, 5.74) is 3.10. The fourth-order valence-electron chi connectivity index (χ4n) is 5.11. The first kappa shape index (κ1) is 39.2. The van der Waals surface area contributed by atoms with Crippen molar-refractivity contribution in [1.82, 2.24) is 0 Å². The van der Waals surface area contributed by atoms with Crippen LogP contribution in [0.3, 0.4) is 0 Å². The highest BCUT2D eigenvalue weighted by Gasteiger charge is 2.43. The van der Waals surface area contributed by atoms with E-state index in [2.05, 4.69) is 0 Å². The number of carbonyl (C=O) groups excluding carboxylic acids is 4. The second kappa shape index (κ2) is 16.5. The molecule has 12 nitrogen and oxygen atoms in total. The molecule has 0 aliphatic heterocycles. The van der Waals surface area contributed by atoms with Crippen LogP contribution in [-0.4, -0.2) is 23.9 Å². The Bertz CT molecular complexity index is 2400. The lowest BCUT2D eigenvalue weighted by Crippen LogP contribution is -2.15. The van der Waals surface area contributed by atoms with Crippen molar-refractivity contribution in [2.45, 2.75) is 27.7 Å². The summed E-state index contributed by atoms with van der Waals surface area (Å²) >= 11 is 0. The van der Waals surface area contributed by atoms with Gasteiger partial charge in [0.25, 0.3) is 0 Å². The van der Waals surface area contributed by atoms with Gasteiger partial charge in [0, 0.05) is 5.39 Å². The molecule has 0 amide bonds. The summed E-state index contributed by atoms with van der Waals surface area (Å²) in [5, 5.41) is 0.573. The number of carbonyl (C=O) groups is 4. The van der Waals surface area contributed by atoms with Crippen LogP contribution in [0.5, 0.6) is 11.5 Å². The number of rotatable bonds is 12. The summed E-state index contributed by atoms with van der Waals surface area (Å²) in [7, 11) is -10.7. The molecule has 0 fully saturated rings. The fraction of sp³-hybridized carbons (Fsp3) is 0.0952. The Kier molecular flexibility index (Phi) is 11.5. The molecule has 6 aromatic carbocycles. The average Bonchev–Trinajstić information content (AvgIpc) is 3.16. The Labute approximate surface area is 322 Å². The highest BCUT2D eigenvalue weighted by atomic mass is 31.2. The predicted molar refractivity (Wildman–Crippen MR) is 207 cm³/mol. The van der Waals surface area contributed by atoms with E-state index in [0.717, 1.165) is 22.3 Å². The molecule has 0 bridgehead atoms. The Morgan fingerprint density at radius 1 is 0.393 bits per heavy atom. The maximum absolute atomic E-state index is 14.6. The van der Waals surface area contributed by atoms with Crippen molar-refractivity contribution in [2.75, 3.05) is 0 Å². The van der Waals surface area contributed by atoms with Gasteiger partial charge in [0.05, 0.1) is 22.3 Å². The Hall–Kier alpha value is -6.48. The van der Waals surface area contributed by atoms with Gasteiger partial charge < -0.3 is 27.1 Å². The number of phosphoric ester groups is 2. The average molecular weight is 793 g/mol. The van der Waals surface area contributed by atoms with Crippen LogP contribution in [0.25, 0.3) is 10.8 Å². The second-order valence-electron chi connectivity index (χ2n) is 12.7. The van der Waals surface area contributed by atoms with E-state index in [1.807, 2.05) is 0 Å². The van der Waals surface area contributed by atoms with Crippen molar-refractivity contribution in [1.29, 1.82) is 0 Å². The minimum atomic E-state index is -5.35. The third-order valence-corrected chi connectivity index (χ3v) is 10.6. The van der Waals surface area contributed by atoms with E-state index in [-0.39, 0.29) is 27.6 Å². The molecule has 56 heavy (non-hydrogen) atoms. The summed E-state index contributed by atoms with van der Waals surface area (Å²) in [4.78, 5) is 53.5. The van der Waals surface area contributed by atoms with E-state index in [0.29, 0.717) is 5.39 Å². The van der Waals surface area contributed by atoms with Gasteiger partial charge in [-0.05, 0) is 87.7 Å². The van der Waals surface area contributed by atoms with Crippen molar-refractivity contribution >= 4 is 50.3 Å². The molecule has 0 aliphatic rings. The van der Waals surface area contributed by atoms with Gasteiger partial charge >= 0.3 is 39.5 Å². The van der Waals surface area contributed by atoms with Crippen molar-refractivity contribution in [3.05, 3.63) is 178 Å². The zero-order valence-electron chi connectivity index (χ0n) is 30.5. The van der Waals surface area contributed by atoms with Crippen molar-refractivity contribution in [2.24, 2.45) is 0 Å².